The third-order valence-electron chi connectivity index (χ3n) is 4.56. The van der Waals surface area contributed by atoms with Gasteiger partial charge in [0.05, 0.1) is 26.5 Å². The molecule has 0 spiro atoms. The van der Waals surface area contributed by atoms with E-state index in [1.54, 1.807) is 14.2 Å². The number of amides is 1. The Hall–Kier alpha value is -2.69. The number of benzene rings is 2. The molecular weight excluding hydrogens is 330 g/mol. The molecule has 0 saturated carbocycles. The molecule has 0 atom stereocenters. The quantitative estimate of drug-likeness (QED) is 0.708. The Labute approximate surface area is 154 Å². The van der Waals surface area contributed by atoms with Crippen molar-refractivity contribution in [2.24, 2.45) is 0 Å². The first kappa shape index (κ1) is 18.1. The lowest BCUT2D eigenvalue weighted by Gasteiger charge is -2.31. The lowest BCUT2D eigenvalue weighted by Crippen LogP contribution is -2.35. The molecule has 0 bridgehead atoms. The molecule has 138 valence electrons. The molecule has 1 heterocycles. The first-order valence-electron chi connectivity index (χ1n) is 8.96. The third-order valence-corrected chi connectivity index (χ3v) is 4.56. The summed E-state index contributed by atoms with van der Waals surface area (Å²) >= 11 is 0. The number of rotatable bonds is 7. The summed E-state index contributed by atoms with van der Waals surface area (Å²) in [5.41, 5.74) is 1.98. The lowest BCUT2D eigenvalue weighted by molar-refractivity contribution is -0.118. The van der Waals surface area contributed by atoms with E-state index in [0.29, 0.717) is 25.2 Å². The molecule has 5 nitrogen and oxygen atoms in total. The van der Waals surface area contributed by atoms with Crippen molar-refractivity contribution in [2.75, 3.05) is 32.3 Å². The Balaban J connectivity index is 1.64. The van der Waals surface area contributed by atoms with E-state index in [1.807, 2.05) is 47.4 Å². The number of para-hydroxylation sites is 1. The van der Waals surface area contributed by atoms with Crippen LogP contribution in [0, 0.1) is 0 Å². The van der Waals surface area contributed by atoms with Gasteiger partial charge in [0, 0.05) is 30.7 Å². The minimum absolute atomic E-state index is 0.109. The second-order valence-electron chi connectivity index (χ2n) is 6.24. The number of ether oxygens (including phenoxy) is 3. The van der Waals surface area contributed by atoms with Crippen molar-refractivity contribution in [3.05, 3.63) is 48.0 Å². The molecule has 0 aromatic heterocycles. The summed E-state index contributed by atoms with van der Waals surface area (Å²) in [6, 6.07) is 13.5. The molecule has 1 aliphatic heterocycles. The maximum absolute atomic E-state index is 12.8. The summed E-state index contributed by atoms with van der Waals surface area (Å²) in [7, 11) is 3.27. The third kappa shape index (κ3) is 4.10. The number of anilines is 1. The standard InChI is InChI=1S/C21H25NO4/c1-24-17-14-19-18(20(15-17)25-2)10-6-12-22(19)21(23)11-7-13-26-16-8-4-3-5-9-16/h3-5,8-9,14-15H,6-7,10-13H2,1-2H3. The van der Waals surface area contributed by atoms with E-state index in [-0.39, 0.29) is 5.91 Å². The highest BCUT2D eigenvalue weighted by Crippen LogP contribution is 2.38. The molecular formula is C21H25NO4. The van der Waals surface area contributed by atoms with Gasteiger partial charge in [-0.2, -0.15) is 0 Å². The molecule has 2 aromatic rings. The molecule has 5 heteroatoms. The van der Waals surface area contributed by atoms with Gasteiger partial charge in [0.25, 0.3) is 0 Å². The predicted molar refractivity (Wildman–Crippen MR) is 101 cm³/mol. The van der Waals surface area contributed by atoms with E-state index in [0.717, 1.165) is 42.1 Å². The van der Waals surface area contributed by atoms with Crippen LogP contribution in [0.4, 0.5) is 5.69 Å². The molecule has 26 heavy (non-hydrogen) atoms. The van der Waals surface area contributed by atoms with Crippen LogP contribution in [0.2, 0.25) is 0 Å². The molecule has 0 radical (unpaired) electrons. The van der Waals surface area contributed by atoms with Gasteiger partial charge in [0.15, 0.2) is 0 Å². The number of hydrogen-bond acceptors (Lipinski definition) is 4. The Morgan fingerprint density at radius 1 is 1.08 bits per heavy atom. The summed E-state index contributed by atoms with van der Waals surface area (Å²) < 4.78 is 16.5. The summed E-state index contributed by atoms with van der Waals surface area (Å²) in [4.78, 5) is 14.6. The lowest BCUT2D eigenvalue weighted by atomic mass is 9.99. The highest BCUT2D eigenvalue weighted by molar-refractivity contribution is 5.95. The van der Waals surface area contributed by atoms with E-state index in [2.05, 4.69) is 0 Å². The first-order chi connectivity index (χ1) is 12.7. The van der Waals surface area contributed by atoms with E-state index in [1.165, 1.54) is 0 Å². The largest absolute Gasteiger partial charge is 0.497 e. The number of hydrogen-bond donors (Lipinski definition) is 0. The fourth-order valence-corrected chi connectivity index (χ4v) is 3.26. The molecule has 0 N–H and O–H groups in total. The van der Waals surface area contributed by atoms with Gasteiger partial charge >= 0.3 is 0 Å². The van der Waals surface area contributed by atoms with Crippen molar-refractivity contribution in [1.29, 1.82) is 0 Å². The van der Waals surface area contributed by atoms with Gasteiger partial charge in [-0.3, -0.25) is 4.79 Å². The average Bonchev–Trinajstić information content (AvgIpc) is 2.70. The number of carbonyl (C=O) groups excluding carboxylic acids is 1. The van der Waals surface area contributed by atoms with Crippen LogP contribution in [0.1, 0.15) is 24.8 Å². The zero-order chi connectivity index (χ0) is 18.4. The molecule has 0 fully saturated rings. The van der Waals surface area contributed by atoms with Crippen molar-refractivity contribution in [3.8, 4) is 17.2 Å². The predicted octanol–water partition coefficient (Wildman–Crippen LogP) is 3.84. The Morgan fingerprint density at radius 3 is 2.62 bits per heavy atom. The highest BCUT2D eigenvalue weighted by atomic mass is 16.5. The van der Waals surface area contributed by atoms with Gasteiger partial charge in [-0.15, -0.1) is 0 Å². The smallest absolute Gasteiger partial charge is 0.227 e. The second-order valence-corrected chi connectivity index (χ2v) is 6.24. The van der Waals surface area contributed by atoms with Crippen molar-refractivity contribution < 1.29 is 19.0 Å². The van der Waals surface area contributed by atoms with Crippen LogP contribution in [0.15, 0.2) is 42.5 Å². The van der Waals surface area contributed by atoms with Gasteiger partial charge in [-0.25, -0.2) is 0 Å². The second kappa shape index (κ2) is 8.61. The summed E-state index contributed by atoms with van der Waals surface area (Å²) in [5.74, 6) is 2.42. The molecule has 0 aliphatic carbocycles. The van der Waals surface area contributed by atoms with E-state index < -0.39 is 0 Å². The minimum Gasteiger partial charge on any atom is -0.497 e. The van der Waals surface area contributed by atoms with Gasteiger partial charge in [0.2, 0.25) is 5.91 Å². The summed E-state index contributed by atoms with van der Waals surface area (Å²) in [6.07, 6.45) is 2.97. The number of nitrogens with zero attached hydrogens (tertiary/aromatic N) is 1. The maximum atomic E-state index is 12.8. The number of carbonyl (C=O) groups is 1. The van der Waals surface area contributed by atoms with Crippen molar-refractivity contribution >= 4 is 11.6 Å². The first-order valence-corrected chi connectivity index (χ1v) is 8.96. The van der Waals surface area contributed by atoms with Crippen LogP contribution >= 0.6 is 0 Å². The van der Waals surface area contributed by atoms with Crippen LogP contribution < -0.4 is 19.1 Å². The van der Waals surface area contributed by atoms with E-state index >= 15 is 0 Å². The molecule has 3 rings (SSSR count). The number of methoxy groups -OCH3 is 2. The fourth-order valence-electron chi connectivity index (χ4n) is 3.26. The molecule has 0 saturated heterocycles. The van der Waals surface area contributed by atoms with E-state index in [9.17, 15) is 4.79 Å². The van der Waals surface area contributed by atoms with Gasteiger partial charge in [-0.05, 0) is 31.4 Å². The molecule has 1 aliphatic rings. The Morgan fingerprint density at radius 2 is 1.88 bits per heavy atom. The van der Waals surface area contributed by atoms with Crippen LogP contribution in [0.5, 0.6) is 17.2 Å². The number of fused-ring (bicyclic) bond motifs is 1. The van der Waals surface area contributed by atoms with Crippen LogP contribution in [0.3, 0.4) is 0 Å². The summed E-state index contributed by atoms with van der Waals surface area (Å²) in [5, 5.41) is 0. The van der Waals surface area contributed by atoms with Crippen LogP contribution in [0.25, 0.3) is 0 Å². The Bertz CT molecular complexity index is 745. The minimum atomic E-state index is 0.109. The Kier molecular flexibility index (Phi) is 6.00. The average molecular weight is 355 g/mol. The summed E-state index contributed by atoms with van der Waals surface area (Å²) in [6.45, 7) is 1.25. The van der Waals surface area contributed by atoms with Crippen molar-refractivity contribution in [2.45, 2.75) is 25.7 Å². The highest BCUT2D eigenvalue weighted by Gasteiger charge is 2.25. The monoisotopic (exact) mass is 355 g/mol. The van der Waals surface area contributed by atoms with E-state index in [4.69, 9.17) is 14.2 Å². The van der Waals surface area contributed by atoms with Crippen molar-refractivity contribution in [1.82, 2.24) is 0 Å². The fraction of sp³-hybridized carbons (Fsp3) is 0.381. The maximum Gasteiger partial charge on any atom is 0.227 e. The van der Waals surface area contributed by atoms with Crippen LogP contribution in [-0.2, 0) is 11.2 Å². The molecule has 1 amide bonds. The van der Waals surface area contributed by atoms with Gasteiger partial charge < -0.3 is 19.1 Å². The normalized spacial score (nSPS) is 13.1. The van der Waals surface area contributed by atoms with Gasteiger partial charge in [0.1, 0.15) is 17.2 Å². The zero-order valence-electron chi connectivity index (χ0n) is 15.4. The van der Waals surface area contributed by atoms with Crippen molar-refractivity contribution in [3.63, 3.8) is 0 Å². The zero-order valence-corrected chi connectivity index (χ0v) is 15.4. The van der Waals surface area contributed by atoms with Crippen LogP contribution in [-0.4, -0.2) is 33.3 Å². The molecule has 0 unspecified atom stereocenters. The topological polar surface area (TPSA) is 48.0 Å². The van der Waals surface area contributed by atoms with Gasteiger partial charge in [-0.1, -0.05) is 18.2 Å². The molecule has 2 aromatic carbocycles. The SMILES string of the molecule is COc1cc(OC)c2c(c1)N(C(=O)CCCOc1ccccc1)CCC2.